The third-order valence-corrected chi connectivity index (χ3v) is 25.4. The molecule has 0 radical (unpaired) electrons. The van der Waals surface area contributed by atoms with Crippen molar-refractivity contribution in [2.75, 3.05) is 24.7 Å². The number of anilines is 2. The number of imidazole rings is 2. The molecule has 2 bridgehead atoms. The number of aromatic nitrogens is 8. The van der Waals surface area contributed by atoms with Crippen LogP contribution in [0.4, 0.5) is 11.6 Å². The van der Waals surface area contributed by atoms with Gasteiger partial charge in [0.2, 0.25) is 0 Å². The van der Waals surface area contributed by atoms with Crippen molar-refractivity contribution in [3.63, 3.8) is 0 Å². The molecule has 19 nitrogen and oxygen atoms in total. The Morgan fingerprint density at radius 2 is 1.41 bits per heavy atom. The Balaban J connectivity index is 1.22. The Morgan fingerprint density at radius 1 is 0.864 bits per heavy atom. The van der Waals surface area contributed by atoms with Gasteiger partial charge in [-0.15, -0.1) is 0 Å². The molecule has 5 unspecified atom stereocenters. The van der Waals surface area contributed by atoms with Gasteiger partial charge in [0, 0.05) is 5.41 Å². The highest BCUT2D eigenvalue weighted by Crippen LogP contribution is 2.74. The largest absolute Gasteiger partial charge is 0.409 e. The Kier molecular flexibility index (Phi) is 10.8. The fraction of sp³-hybridized carbons (Fsp3) is 0.706. The van der Waals surface area contributed by atoms with E-state index < -0.39 is 78.4 Å². The zero-order chi connectivity index (χ0) is 42.9. The molecule has 8 rings (SSSR count). The van der Waals surface area contributed by atoms with Crippen molar-refractivity contribution in [2.45, 2.75) is 127 Å². The molecular formula is C34H54N10O9P2S2Si2. The summed E-state index contributed by atoms with van der Waals surface area (Å²) in [5, 5.41) is -0.469. The first-order chi connectivity index (χ1) is 27.3. The van der Waals surface area contributed by atoms with E-state index in [0.29, 0.717) is 28.7 Å². The molecule has 0 aromatic carbocycles. The van der Waals surface area contributed by atoms with Crippen molar-refractivity contribution >= 4 is 88.2 Å². The van der Waals surface area contributed by atoms with Crippen LogP contribution in [0.1, 0.15) is 60.2 Å². The molecular weight excluding hydrogens is 875 g/mol. The van der Waals surface area contributed by atoms with Gasteiger partial charge in [0.25, 0.3) is 0 Å². The minimum Gasteiger partial charge on any atom is -0.409 e. The summed E-state index contributed by atoms with van der Waals surface area (Å²) < 4.78 is 65.1. The van der Waals surface area contributed by atoms with E-state index in [-0.39, 0.29) is 40.8 Å². The first kappa shape index (κ1) is 43.7. The summed E-state index contributed by atoms with van der Waals surface area (Å²) in [7, 11) is -5.18. The highest BCUT2D eigenvalue weighted by atomic mass is 32.7. The molecule has 5 N–H and O–H groups in total. The van der Waals surface area contributed by atoms with Gasteiger partial charge in [-0.2, -0.15) is 0 Å². The second-order valence-electron chi connectivity index (χ2n) is 19.1. The molecule has 6 heterocycles. The molecule has 0 amide bonds. The maximum Gasteiger partial charge on any atom is 0.386 e. The predicted octanol–water partition coefficient (Wildman–Crippen LogP) is 6.14. The van der Waals surface area contributed by atoms with Gasteiger partial charge in [-0.05, 0) is 60.4 Å². The van der Waals surface area contributed by atoms with E-state index in [0.717, 1.165) is 0 Å². The van der Waals surface area contributed by atoms with Gasteiger partial charge < -0.3 is 39.0 Å². The van der Waals surface area contributed by atoms with Crippen LogP contribution < -0.4 is 11.5 Å². The van der Waals surface area contributed by atoms with Gasteiger partial charge in [0.05, 0.1) is 38.0 Å². The van der Waals surface area contributed by atoms with E-state index in [2.05, 4.69) is 110 Å². The zero-order valence-corrected chi connectivity index (χ0v) is 40.2. The quantitative estimate of drug-likeness (QED) is 0.0964. The Morgan fingerprint density at radius 3 is 1.98 bits per heavy atom. The van der Waals surface area contributed by atoms with E-state index >= 15 is 0 Å². The van der Waals surface area contributed by atoms with Crippen LogP contribution in [-0.2, 0) is 48.1 Å². The lowest BCUT2D eigenvalue weighted by molar-refractivity contribution is -0.0552. The minimum absolute atomic E-state index is 0.130. The van der Waals surface area contributed by atoms with Gasteiger partial charge in [0.1, 0.15) is 48.1 Å². The Bertz CT molecular complexity index is 2380. The summed E-state index contributed by atoms with van der Waals surface area (Å²) in [5.41, 5.74) is 13.2. The number of nitrogens with two attached hydrogens (primary N) is 2. The van der Waals surface area contributed by atoms with Crippen molar-refractivity contribution in [3.05, 3.63) is 25.3 Å². The van der Waals surface area contributed by atoms with Crippen LogP contribution in [0.5, 0.6) is 0 Å². The maximum atomic E-state index is 14.7. The molecule has 59 heavy (non-hydrogen) atoms. The van der Waals surface area contributed by atoms with Crippen LogP contribution in [0.2, 0.25) is 36.3 Å². The molecule has 324 valence electrons. The number of ether oxygens (including phenoxy) is 1. The number of rotatable bonds is 6. The third-order valence-electron chi connectivity index (χ3n) is 13.3. The molecule has 2 aliphatic heterocycles. The minimum atomic E-state index is -4.24. The molecule has 11 atom stereocenters. The number of nitrogens with zero attached hydrogens (tertiary/aromatic N) is 8. The van der Waals surface area contributed by atoms with Gasteiger partial charge >= 0.3 is 13.5 Å². The highest BCUT2D eigenvalue weighted by Gasteiger charge is 2.75. The lowest BCUT2D eigenvalue weighted by atomic mass is 10.0. The standard InChI is InChI=1S/C34H54N10O9P2S2Si2/c1-32(2,3)58(7,8)52-23-19-12-47-54(45,56)51-26-24(53-59(9,10)33(4,5)6)22(43-16-41-20-27(35)37-14-39-29(20)43)18-11-34(18,26)13-48-55(46,57)50-25(23)31(49-19)44-17-42-21-28(36)38-15-40-30(21)44/h14-19,22-26,31H,11-13H2,1-10H3,(H,45,56)(H,46,57)(H2,35,37,39)(H2,36,38,40)/t18-,19-,22-,23?,24?,25-,26+,31-,34?,54?,55?/m1/s1. The fourth-order valence-electron chi connectivity index (χ4n) is 8.00. The number of hydrogen-bond acceptors (Lipinski definition) is 17. The van der Waals surface area contributed by atoms with Crippen LogP contribution in [0.15, 0.2) is 25.3 Å². The van der Waals surface area contributed by atoms with E-state index in [1.807, 2.05) is 4.57 Å². The summed E-state index contributed by atoms with van der Waals surface area (Å²) in [6, 6.07) is -0.439. The fourth-order valence-corrected chi connectivity index (χ4v) is 13.6. The number of thiol groups is 1. The number of nitrogen functional groups attached to an aromatic ring is 2. The molecule has 2 aliphatic carbocycles. The second kappa shape index (κ2) is 14.5. The summed E-state index contributed by atoms with van der Waals surface area (Å²) in [6.07, 6.45) is 0.829. The molecule has 4 aromatic heterocycles. The van der Waals surface area contributed by atoms with Crippen molar-refractivity contribution < 1.29 is 41.1 Å². The van der Waals surface area contributed by atoms with Gasteiger partial charge in [0.15, 0.2) is 45.8 Å². The van der Waals surface area contributed by atoms with E-state index in [4.69, 9.17) is 55.0 Å². The Hall–Kier alpha value is -1.96. The van der Waals surface area contributed by atoms with Crippen molar-refractivity contribution in [1.82, 2.24) is 39.0 Å². The first-order valence-corrected chi connectivity index (χ1v) is 30.5. The summed E-state index contributed by atoms with van der Waals surface area (Å²) in [4.78, 5) is 38.3. The SMILES string of the molecule is CC(C)(C)[Si](C)(C)OC1[C@H]2OP(O)(=S)OCC34C[C@@H]3[C@@H](n3cnc5c(N)ncnc53)C(O[Si](C)(C)C(C)(C)C)[C@@H]4OP(=O)(S)OC[C@H]1O[C@H]2n1cnc2c(N)ncnc21. The summed E-state index contributed by atoms with van der Waals surface area (Å²) in [6.45, 7) is 12.4. The van der Waals surface area contributed by atoms with E-state index in [9.17, 15) is 9.46 Å². The second-order valence-corrected chi connectivity index (χ2v) is 34.2. The van der Waals surface area contributed by atoms with Crippen LogP contribution in [0.25, 0.3) is 22.3 Å². The molecule has 4 fully saturated rings. The molecule has 25 heteroatoms. The van der Waals surface area contributed by atoms with Crippen LogP contribution in [-0.4, -0.2) is 104 Å². The number of hydrogen-bond donors (Lipinski definition) is 4. The van der Waals surface area contributed by atoms with E-state index in [1.165, 1.54) is 19.0 Å². The highest BCUT2D eigenvalue weighted by molar-refractivity contribution is 8.44. The average molecular weight is 929 g/mol. The molecule has 2 saturated heterocycles. The monoisotopic (exact) mass is 928 g/mol. The summed E-state index contributed by atoms with van der Waals surface area (Å²) >= 11 is 10.5. The van der Waals surface area contributed by atoms with Crippen molar-refractivity contribution in [2.24, 2.45) is 11.3 Å². The lowest BCUT2D eigenvalue weighted by Crippen LogP contribution is -2.50. The average Bonchev–Trinajstić information content (AvgIpc) is 3.40. The van der Waals surface area contributed by atoms with Gasteiger partial charge in [-0.25, -0.2) is 34.5 Å². The topological polar surface area (TPSA) is 241 Å². The Labute approximate surface area is 355 Å². The third kappa shape index (κ3) is 7.67. The van der Waals surface area contributed by atoms with Crippen LogP contribution in [0.3, 0.4) is 0 Å². The predicted molar refractivity (Wildman–Crippen MR) is 232 cm³/mol. The zero-order valence-electron chi connectivity index (χ0n) is 34.7. The smallest absolute Gasteiger partial charge is 0.386 e. The summed E-state index contributed by atoms with van der Waals surface area (Å²) in [5.74, 6) is 0.203. The van der Waals surface area contributed by atoms with Crippen LogP contribution in [0, 0.1) is 11.3 Å². The van der Waals surface area contributed by atoms with E-state index in [1.54, 1.807) is 10.9 Å². The molecule has 4 aliphatic rings. The lowest BCUT2D eigenvalue weighted by Gasteiger charge is -2.43. The normalized spacial score (nSPS) is 35.9. The first-order valence-electron chi connectivity index (χ1n) is 19.4. The molecule has 1 spiro atoms. The van der Waals surface area contributed by atoms with Crippen molar-refractivity contribution in [1.29, 1.82) is 0 Å². The molecule has 4 aromatic rings. The van der Waals surface area contributed by atoms with Crippen molar-refractivity contribution in [3.8, 4) is 0 Å². The maximum absolute atomic E-state index is 14.7. The van der Waals surface area contributed by atoms with Gasteiger partial charge in [-0.1, -0.05) is 53.8 Å². The number of fused-ring (bicyclic) bond motifs is 4. The van der Waals surface area contributed by atoms with Gasteiger partial charge in [-0.3, -0.25) is 18.1 Å². The molecule has 2 saturated carbocycles. The van der Waals surface area contributed by atoms with Crippen LogP contribution >= 0.6 is 25.8 Å².